The molecule has 1 aromatic heterocycles. The summed E-state index contributed by atoms with van der Waals surface area (Å²) in [5.41, 5.74) is 3.67. The molecule has 24 heavy (non-hydrogen) atoms. The van der Waals surface area contributed by atoms with Gasteiger partial charge in [0.1, 0.15) is 0 Å². The Bertz CT molecular complexity index is 874. The number of hydrogen-bond donors (Lipinski definition) is 0. The molecule has 0 N–H and O–H groups in total. The number of carbonyl (C=O) groups excluding carboxylic acids is 1. The van der Waals surface area contributed by atoms with Crippen LogP contribution in [0.25, 0.3) is 11.6 Å². The van der Waals surface area contributed by atoms with Crippen LogP contribution in [0.3, 0.4) is 0 Å². The molecule has 118 valence electrons. The van der Waals surface area contributed by atoms with Crippen molar-refractivity contribution in [1.82, 2.24) is 9.55 Å². The molecule has 3 rings (SSSR count). The fourth-order valence-corrected chi connectivity index (χ4v) is 2.39. The van der Waals surface area contributed by atoms with Gasteiger partial charge in [0.05, 0.1) is 18.2 Å². The van der Waals surface area contributed by atoms with Crippen molar-refractivity contribution in [2.75, 3.05) is 0 Å². The Morgan fingerprint density at radius 2 is 1.54 bits per heavy atom. The average molecular weight is 314 g/mol. The van der Waals surface area contributed by atoms with Gasteiger partial charge in [0.25, 0.3) is 0 Å². The smallest absolute Gasteiger partial charge is 0.185 e. The van der Waals surface area contributed by atoms with E-state index in [0.29, 0.717) is 5.56 Å². The van der Waals surface area contributed by atoms with Gasteiger partial charge in [0.15, 0.2) is 5.78 Å². The van der Waals surface area contributed by atoms with Gasteiger partial charge in [-0.05, 0) is 23.3 Å². The third kappa shape index (κ3) is 3.76. The standard InChI is InChI=1S/C21H18N2O/c1-23-16-22-15-20(23)14-19(17-8-4-2-5-9-17)12-13-21(24)18-10-6-3-7-11-18/h2-16H,1H3. The number of ketones is 1. The number of allylic oxidation sites excluding steroid dienone is 3. The molecule has 0 unspecified atom stereocenters. The van der Waals surface area contributed by atoms with Crippen molar-refractivity contribution in [2.24, 2.45) is 7.05 Å². The maximum Gasteiger partial charge on any atom is 0.185 e. The van der Waals surface area contributed by atoms with Crippen molar-refractivity contribution in [1.29, 1.82) is 0 Å². The van der Waals surface area contributed by atoms with E-state index in [1.54, 1.807) is 18.6 Å². The summed E-state index contributed by atoms with van der Waals surface area (Å²) in [5.74, 6) is -0.0116. The number of hydrogen-bond acceptors (Lipinski definition) is 2. The summed E-state index contributed by atoms with van der Waals surface area (Å²) in [6.07, 6.45) is 9.06. The highest BCUT2D eigenvalue weighted by atomic mass is 16.1. The Kier molecular flexibility index (Phi) is 4.82. The van der Waals surface area contributed by atoms with Crippen LogP contribution in [0, 0.1) is 0 Å². The molecule has 0 aliphatic carbocycles. The van der Waals surface area contributed by atoms with Gasteiger partial charge in [0.2, 0.25) is 0 Å². The maximum absolute atomic E-state index is 12.3. The Morgan fingerprint density at radius 3 is 2.12 bits per heavy atom. The van der Waals surface area contributed by atoms with Gasteiger partial charge in [-0.2, -0.15) is 0 Å². The minimum Gasteiger partial charge on any atom is -0.334 e. The molecular weight excluding hydrogens is 296 g/mol. The second-order valence-corrected chi connectivity index (χ2v) is 5.46. The Labute approximate surface area is 141 Å². The van der Waals surface area contributed by atoms with Crippen molar-refractivity contribution in [3.63, 3.8) is 0 Å². The van der Waals surface area contributed by atoms with Crippen molar-refractivity contribution in [3.05, 3.63) is 102 Å². The van der Waals surface area contributed by atoms with E-state index in [9.17, 15) is 4.79 Å². The molecule has 0 amide bonds. The van der Waals surface area contributed by atoms with Gasteiger partial charge >= 0.3 is 0 Å². The fourth-order valence-electron chi connectivity index (χ4n) is 2.39. The van der Waals surface area contributed by atoms with E-state index in [2.05, 4.69) is 4.98 Å². The molecule has 2 aromatic carbocycles. The van der Waals surface area contributed by atoms with Crippen molar-refractivity contribution in [3.8, 4) is 0 Å². The number of benzene rings is 2. The predicted molar refractivity (Wildman–Crippen MR) is 97.4 cm³/mol. The zero-order chi connectivity index (χ0) is 16.8. The van der Waals surface area contributed by atoms with Gasteiger partial charge in [-0.15, -0.1) is 0 Å². The second kappa shape index (κ2) is 7.38. The van der Waals surface area contributed by atoms with Crippen LogP contribution in [0.4, 0.5) is 0 Å². The molecule has 0 spiro atoms. The molecule has 3 aromatic rings. The normalized spacial score (nSPS) is 11.8. The first-order chi connectivity index (χ1) is 11.7. The Hall–Kier alpha value is -3.20. The van der Waals surface area contributed by atoms with Gasteiger partial charge in [0, 0.05) is 12.6 Å². The molecule has 0 atom stereocenters. The first-order valence-electron chi connectivity index (χ1n) is 7.75. The third-order valence-corrected chi connectivity index (χ3v) is 3.74. The highest BCUT2D eigenvalue weighted by Crippen LogP contribution is 2.19. The molecule has 3 heteroatoms. The topological polar surface area (TPSA) is 34.9 Å². The summed E-state index contributed by atoms with van der Waals surface area (Å²) < 4.78 is 1.94. The lowest BCUT2D eigenvalue weighted by atomic mass is 10.0. The summed E-state index contributed by atoms with van der Waals surface area (Å²) in [6.45, 7) is 0. The molecule has 3 nitrogen and oxygen atoms in total. The van der Waals surface area contributed by atoms with Crippen LogP contribution in [0.1, 0.15) is 21.6 Å². The fraction of sp³-hybridized carbons (Fsp3) is 0.0476. The van der Waals surface area contributed by atoms with E-state index >= 15 is 0 Å². The van der Waals surface area contributed by atoms with Crippen molar-refractivity contribution >= 4 is 17.4 Å². The number of carbonyl (C=O) groups is 1. The van der Waals surface area contributed by atoms with Crippen LogP contribution >= 0.6 is 0 Å². The monoisotopic (exact) mass is 314 g/mol. The highest BCUT2D eigenvalue weighted by Gasteiger charge is 2.03. The van der Waals surface area contributed by atoms with E-state index in [-0.39, 0.29) is 5.78 Å². The summed E-state index contributed by atoms with van der Waals surface area (Å²) >= 11 is 0. The molecule has 0 aliphatic heterocycles. The lowest BCUT2D eigenvalue weighted by Gasteiger charge is -2.04. The lowest BCUT2D eigenvalue weighted by Crippen LogP contribution is -1.94. The van der Waals surface area contributed by atoms with Crippen LogP contribution in [0.2, 0.25) is 0 Å². The largest absolute Gasteiger partial charge is 0.334 e. The van der Waals surface area contributed by atoms with Gasteiger partial charge < -0.3 is 4.57 Å². The quantitative estimate of drug-likeness (QED) is 0.397. The van der Waals surface area contributed by atoms with E-state index in [0.717, 1.165) is 16.8 Å². The Balaban J connectivity index is 1.94. The first-order valence-corrected chi connectivity index (χ1v) is 7.75. The number of aryl methyl sites for hydroxylation is 1. The van der Waals surface area contributed by atoms with Gasteiger partial charge in [-0.25, -0.2) is 4.98 Å². The number of imidazole rings is 1. The Morgan fingerprint density at radius 1 is 0.917 bits per heavy atom. The van der Waals surface area contributed by atoms with E-state index in [1.165, 1.54) is 0 Å². The van der Waals surface area contributed by atoms with Crippen LogP contribution in [0.5, 0.6) is 0 Å². The zero-order valence-electron chi connectivity index (χ0n) is 13.5. The third-order valence-electron chi connectivity index (χ3n) is 3.74. The molecule has 0 fully saturated rings. The summed E-state index contributed by atoms with van der Waals surface area (Å²) in [5, 5.41) is 0. The molecule has 1 heterocycles. The highest BCUT2D eigenvalue weighted by molar-refractivity contribution is 6.06. The van der Waals surface area contributed by atoms with Crippen LogP contribution < -0.4 is 0 Å². The number of rotatable bonds is 5. The molecule has 0 saturated heterocycles. The zero-order valence-corrected chi connectivity index (χ0v) is 13.5. The summed E-state index contributed by atoms with van der Waals surface area (Å²) in [4.78, 5) is 16.5. The number of nitrogens with zero attached hydrogens (tertiary/aromatic N) is 2. The van der Waals surface area contributed by atoms with Crippen LogP contribution in [-0.4, -0.2) is 15.3 Å². The predicted octanol–water partition coefficient (Wildman–Crippen LogP) is 4.40. The van der Waals surface area contributed by atoms with Gasteiger partial charge in [-0.3, -0.25) is 4.79 Å². The molecular formula is C21H18N2O. The summed E-state index contributed by atoms with van der Waals surface area (Å²) in [6, 6.07) is 19.3. The average Bonchev–Trinajstić information content (AvgIpc) is 3.04. The minimum absolute atomic E-state index is 0.0116. The van der Waals surface area contributed by atoms with Crippen LogP contribution in [0.15, 0.2) is 85.3 Å². The maximum atomic E-state index is 12.3. The number of aromatic nitrogens is 2. The molecule has 0 aliphatic rings. The van der Waals surface area contributed by atoms with Gasteiger partial charge in [-0.1, -0.05) is 66.7 Å². The van der Waals surface area contributed by atoms with Crippen molar-refractivity contribution < 1.29 is 4.79 Å². The molecule has 0 radical (unpaired) electrons. The van der Waals surface area contributed by atoms with Crippen molar-refractivity contribution in [2.45, 2.75) is 0 Å². The van der Waals surface area contributed by atoms with Crippen LogP contribution in [-0.2, 0) is 7.05 Å². The minimum atomic E-state index is -0.0116. The molecule has 0 bridgehead atoms. The lowest BCUT2D eigenvalue weighted by molar-refractivity contribution is 0.104. The van der Waals surface area contributed by atoms with E-state index < -0.39 is 0 Å². The second-order valence-electron chi connectivity index (χ2n) is 5.46. The molecule has 0 saturated carbocycles. The van der Waals surface area contributed by atoms with E-state index in [1.807, 2.05) is 84.4 Å². The van der Waals surface area contributed by atoms with E-state index in [4.69, 9.17) is 0 Å². The summed E-state index contributed by atoms with van der Waals surface area (Å²) in [7, 11) is 1.94. The first kappa shape index (κ1) is 15.7. The SMILES string of the molecule is Cn1cncc1C=C(C=CC(=O)c1ccccc1)c1ccccc1.